The molecule has 0 saturated heterocycles. The van der Waals surface area contributed by atoms with Gasteiger partial charge in [0.15, 0.2) is 0 Å². The maximum absolute atomic E-state index is 4.63. The number of thiazole rings is 1. The molecule has 0 aliphatic carbocycles. The number of nitrogens with one attached hydrogen (secondary N) is 1. The number of rotatable bonds is 8. The molecule has 0 bridgehead atoms. The minimum Gasteiger partial charge on any atom is -0.320 e. The van der Waals surface area contributed by atoms with Gasteiger partial charge in [0.25, 0.3) is 0 Å². The number of hydrogen-bond acceptors (Lipinski definition) is 4. The van der Waals surface area contributed by atoms with E-state index in [9.17, 15) is 0 Å². The van der Waals surface area contributed by atoms with Gasteiger partial charge in [-0.15, -0.1) is 11.3 Å². The van der Waals surface area contributed by atoms with Crippen LogP contribution in [0.15, 0.2) is 5.38 Å². The van der Waals surface area contributed by atoms with E-state index < -0.39 is 0 Å². The molecule has 0 spiro atoms. The van der Waals surface area contributed by atoms with Gasteiger partial charge in [-0.05, 0) is 46.4 Å². The fourth-order valence-electron chi connectivity index (χ4n) is 1.63. The van der Waals surface area contributed by atoms with Gasteiger partial charge in [-0.3, -0.25) is 0 Å². The Labute approximate surface area is 103 Å². The van der Waals surface area contributed by atoms with Crippen molar-refractivity contribution in [3.63, 3.8) is 0 Å². The number of aryl methyl sites for hydroxylation is 1. The Morgan fingerprint density at radius 1 is 1.50 bits per heavy atom. The molecule has 0 radical (unpaired) electrons. The molecule has 1 aromatic rings. The van der Waals surface area contributed by atoms with Crippen molar-refractivity contribution in [1.82, 2.24) is 15.2 Å². The largest absolute Gasteiger partial charge is 0.320 e. The maximum Gasteiger partial charge on any atom is 0.0928 e. The van der Waals surface area contributed by atoms with E-state index in [0.717, 1.165) is 26.1 Å². The van der Waals surface area contributed by atoms with Crippen LogP contribution in [0.5, 0.6) is 0 Å². The summed E-state index contributed by atoms with van der Waals surface area (Å²) in [6, 6.07) is 0. The molecule has 0 amide bonds. The number of hydrogen-bond donors (Lipinski definition) is 1. The maximum atomic E-state index is 4.63. The van der Waals surface area contributed by atoms with Crippen LogP contribution in [0.25, 0.3) is 0 Å². The molecule has 16 heavy (non-hydrogen) atoms. The lowest BCUT2D eigenvalue weighted by Crippen LogP contribution is -2.22. The van der Waals surface area contributed by atoms with Crippen LogP contribution >= 0.6 is 11.3 Å². The fraction of sp³-hybridized carbons (Fsp3) is 0.750. The Balaban J connectivity index is 2.28. The molecule has 0 unspecified atom stereocenters. The van der Waals surface area contributed by atoms with Crippen molar-refractivity contribution in [2.24, 2.45) is 0 Å². The van der Waals surface area contributed by atoms with Crippen molar-refractivity contribution >= 4 is 11.3 Å². The van der Waals surface area contributed by atoms with E-state index in [1.807, 2.05) is 7.05 Å². The normalized spacial score (nSPS) is 11.2. The standard InChI is InChI=1S/C12H23N3S/c1-4-6-12-14-11(10-16-12)9-15(3)8-5-7-13-2/h10,13H,4-9H2,1-3H3. The quantitative estimate of drug-likeness (QED) is 0.707. The fourth-order valence-corrected chi connectivity index (χ4v) is 2.52. The lowest BCUT2D eigenvalue weighted by molar-refractivity contribution is 0.318. The lowest BCUT2D eigenvalue weighted by atomic mass is 10.3. The summed E-state index contributed by atoms with van der Waals surface area (Å²) in [6.45, 7) is 5.39. The first-order valence-electron chi connectivity index (χ1n) is 6.02. The van der Waals surface area contributed by atoms with E-state index >= 15 is 0 Å². The molecule has 4 heteroatoms. The Bertz CT molecular complexity index is 286. The van der Waals surface area contributed by atoms with Crippen LogP contribution in [0.4, 0.5) is 0 Å². The molecule has 0 saturated carbocycles. The van der Waals surface area contributed by atoms with Gasteiger partial charge in [-0.25, -0.2) is 4.98 Å². The third kappa shape index (κ3) is 5.05. The Morgan fingerprint density at radius 2 is 2.31 bits per heavy atom. The summed E-state index contributed by atoms with van der Waals surface area (Å²) in [5.41, 5.74) is 1.22. The molecular weight excluding hydrogens is 218 g/mol. The highest BCUT2D eigenvalue weighted by atomic mass is 32.1. The predicted molar refractivity (Wildman–Crippen MR) is 71.0 cm³/mol. The first kappa shape index (κ1) is 13.6. The van der Waals surface area contributed by atoms with Gasteiger partial charge in [-0.2, -0.15) is 0 Å². The van der Waals surface area contributed by atoms with Gasteiger partial charge in [0, 0.05) is 11.9 Å². The molecule has 1 rings (SSSR count). The zero-order chi connectivity index (χ0) is 11.8. The first-order chi connectivity index (χ1) is 7.76. The van der Waals surface area contributed by atoms with Crippen LogP contribution in [0.3, 0.4) is 0 Å². The summed E-state index contributed by atoms with van der Waals surface area (Å²) in [4.78, 5) is 6.96. The molecule has 1 aromatic heterocycles. The molecule has 0 aliphatic heterocycles. The molecular formula is C12H23N3S. The molecule has 3 nitrogen and oxygen atoms in total. The Hall–Kier alpha value is -0.450. The van der Waals surface area contributed by atoms with Gasteiger partial charge >= 0.3 is 0 Å². The van der Waals surface area contributed by atoms with E-state index in [0.29, 0.717) is 0 Å². The van der Waals surface area contributed by atoms with E-state index in [1.165, 1.54) is 23.5 Å². The second kappa shape index (κ2) is 7.76. The van der Waals surface area contributed by atoms with Gasteiger partial charge in [-0.1, -0.05) is 6.92 Å². The van der Waals surface area contributed by atoms with Crippen molar-refractivity contribution in [3.8, 4) is 0 Å². The topological polar surface area (TPSA) is 28.2 Å². The highest BCUT2D eigenvalue weighted by molar-refractivity contribution is 7.09. The second-order valence-electron chi connectivity index (χ2n) is 4.18. The van der Waals surface area contributed by atoms with Gasteiger partial charge in [0.1, 0.15) is 0 Å². The van der Waals surface area contributed by atoms with Crippen LogP contribution < -0.4 is 5.32 Å². The van der Waals surface area contributed by atoms with Crippen LogP contribution in [0.2, 0.25) is 0 Å². The van der Waals surface area contributed by atoms with Crippen molar-refractivity contribution in [2.45, 2.75) is 32.7 Å². The number of nitrogens with zero attached hydrogens (tertiary/aromatic N) is 2. The van der Waals surface area contributed by atoms with E-state index in [1.54, 1.807) is 11.3 Å². The van der Waals surface area contributed by atoms with Crippen LogP contribution in [-0.4, -0.2) is 37.1 Å². The van der Waals surface area contributed by atoms with Crippen molar-refractivity contribution < 1.29 is 0 Å². The zero-order valence-electron chi connectivity index (χ0n) is 10.6. The molecule has 0 aromatic carbocycles. The van der Waals surface area contributed by atoms with Crippen LogP contribution in [0.1, 0.15) is 30.5 Å². The van der Waals surface area contributed by atoms with Gasteiger partial charge in [0.05, 0.1) is 10.7 Å². The lowest BCUT2D eigenvalue weighted by Gasteiger charge is -2.14. The Kier molecular flexibility index (Phi) is 6.61. The monoisotopic (exact) mass is 241 g/mol. The van der Waals surface area contributed by atoms with E-state index in [2.05, 4.69) is 34.6 Å². The van der Waals surface area contributed by atoms with E-state index in [4.69, 9.17) is 0 Å². The number of aromatic nitrogens is 1. The van der Waals surface area contributed by atoms with E-state index in [-0.39, 0.29) is 0 Å². The third-order valence-corrected chi connectivity index (χ3v) is 3.42. The molecule has 0 atom stereocenters. The zero-order valence-corrected chi connectivity index (χ0v) is 11.4. The Morgan fingerprint density at radius 3 is 3.00 bits per heavy atom. The highest BCUT2D eigenvalue weighted by Crippen LogP contribution is 2.12. The highest BCUT2D eigenvalue weighted by Gasteiger charge is 2.04. The molecule has 0 fully saturated rings. The minimum atomic E-state index is 0.976. The van der Waals surface area contributed by atoms with Gasteiger partial charge < -0.3 is 10.2 Å². The molecule has 1 N–H and O–H groups in total. The summed E-state index contributed by atoms with van der Waals surface area (Å²) >= 11 is 1.79. The van der Waals surface area contributed by atoms with Crippen molar-refractivity contribution in [3.05, 3.63) is 16.1 Å². The van der Waals surface area contributed by atoms with Gasteiger partial charge in [0.2, 0.25) is 0 Å². The van der Waals surface area contributed by atoms with Crippen molar-refractivity contribution in [2.75, 3.05) is 27.2 Å². The second-order valence-corrected chi connectivity index (χ2v) is 5.12. The summed E-state index contributed by atoms with van der Waals surface area (Å²) in [6.07, 6.45) is 3.50. The van der Waals surface area contributed by atoms with Crippen molar-refractivity contribution in [1.29, 1.82) is 0 Å². The summed E-state index contributed by atoms with van der Waals surface area (Å²) in [5, 5.41) is 6.64. The summed E-state index contributed by atoms with van der Waals surface area (Å²) < 4.78 is 0. The molecule has 92 valence electrons. The summed E-state index contributed by atoms with van der Waals surface area (Å²) in [7, 11) is 4.16. The molecule has 0 aliphatic rings. The minimum absolute atomic E-state index is 0.976. The third-order valence-electron chi connectivity index (χ3n) is 2.46. The first-order valence-corrected chi connectivity index (χ1v) is 6.90. The SMILES string of the molecule is CCCc1nc(CN(C)CCCNC)cs1. The average Bonchev–Trinajstić information content (AvgIpc) is 2.66. The van der Waals surface area contributed by atoms with Crippen LogP contribution in [0, 0.1) is 0 Å². The molecule has 1 heterocycles. The predicted octanol–water partition coefficient (Wildman–Crippen LogP) is 2.14. The smallest absolute Gasteiger partial charge is 0.0928 e. The summed E-state index contributed by atoms with van der Waals surface area (Å²) in [5.74, 6) is 0. The van der Waals surface area contributed by atoms with Crippen LogP contribution in [-0.2, 0) is 13.0 Å². The average molecular weight is 241 g/mol.